The number of unbranched alkanes of at least 4 members (excludes halogenated alkanes) is 1. The molecule has 1 aliphatic rings. The van der Waals surface area contributed by atoms with E-state index in [0.717, 1.165) is 77.2 Å². The van der Waals surface area contributed by atoms with Crippen molar-refractivity contribution >= 4 is 47.0 Å². The first-order valence-electron chi connectivity index (χ1n) is 13.7. The Morgan fingerprint density at radius 2 is 1.88 bits per heavy atom. The van der Waals surface area contributed by atoms with Gasteiger partial charge in [0.25, 0.3) is 5.91 Å². The molecule has 0 saturated carbocycles. The van der Waals surface area contributed by atoms with E-state index in [1.807, 2.05) is 41.9 Å². The molecule has 0 bridgehead atoms. The first-order valence-corrected chi connectivity index (χ1v) is 15.5. The van der Waals surface area contributed by atoms with E-state index in [1.165, 1.54) is 24.2 Å². The normalized spacial score (nSPS) is 13.9. The Bertz CT molecular complexity index is 1450. The van der Waals surface area contributed by atoms with Gasteiger partial charge < -0.3 is 15.4 Å². The highest BCUT2D eigenvalue weighted by molar-refractivity contribution is 7.13. The number of hydrogen-bond donors (Lipinski definition) is 2. The Morgan fingerprint density at radius 1 is 1.10 bits per heavy atom. The summed E-state index contributed by atoms with van der Waals surface area (Å²) in [6.45, 7) is 13.9. The SMILES string of the molecule is C=c1cc(-c2ccsc2)c(NC(=O)c2csc(-c3ccncc3)n2)c/c1=C/NCCN1CCOCC1.CCCC. The molecule has 1 saturated heterocycles. The lowest BCUT2D eigenvalue weighted by Crippen LogP contribution is -2.40. The van der Waals surface area contributed by atoms with Crippen LogP contribution in [-0.2, 0) is 4.74 Å². The van der Waals surface area contributed by atoms with Crippen molar-refractivity contribution in [3.8, 4) is 21.7 Å². The van der Waals surface area contributed by atoms with E-state index in [1.54, 1.807) is 29.1 Å². The van der Waals surface area contributed by atoms with Crippen molar-refractivity contribution in [1.29, 1.82) is 0 Å². The number of nitrogens with one attached hydrogen (secondary N) is 2. The van der Waals surface area contributed by atoms with E-state index in [9.17, 15) is 4.79 Å². The van der Waals surface area contributed by atoms with Crippen LogP contribution in [0.25, 0.3) is 34.5 Å². The standard InChI is InChI=1S/C27H27N5O2S2.C4H10/c1-19-14-23(21-4-13-35-17-21)24(15-22(19)16-29-7-8-32-9-11-34-12-10-32)30-26(33)25-18-36-27(31-25)20-2-5-28-6-3-20;1-3-4-2/h2-6,13-18,29H,1,7-12H2,(H,30,33);3-4H2,1-2H3/b22-16-;. The fourth-order valence-corrected chi connectivity index (χ4v) is 5.44. The number of carbonyl (C=O) groups excluding carboxylic acids is 1. The fourth-order valence-electron chi connectivity index (χ4n) is 3.98. The lowest BCUT2D eigenvalue weighted by molar-refractivity contribution is 0.0389. The van der Waals surface area contributed by atoms with Gasteiger partial charge in [0.2, 0.25) is 0 Å². The second-order valence-electron chi connectivity index (χ2n) is 9.39. The summed E-state index contributed by atoms with van der Waals surface area (Å²) < 4.78 is 5.42. The molecule has 1 fully saturated rings. The molecule has 3 aromatic heterocycles. The van der Waals surface area contributed by atoms with Gasteiger partial charge in [-0.25, -0.2) is 4.98 Å². The van der Waals surface area contributed by atoms with Crippen LogP contribution in [0.5, 0.6) is 0 Å². The molecule has 2 N–H and O–H groups in total. The highest BCUT2D eigenvalue weighted by Gasteiger charge is 2.15. The van der Waals surface area contributed by atoms with Crippen LogP contribution in [-0.4, -0.2) is 60.2 Å². The number of benzene rings is 1. The smallest absolute Gasteiger partial charge is 0.275 e. The van der Waals surface area contributed by atoms with Crippen LogP contribution >= 0.6 is 22.7 Å². The van der Waals surface area contributed by atoms with Gasteiger partial charge in [-0.2, -0.15) is 11.3 Å². The summed E-state index contributed by atoms with van der Waals surface area (Å²) in [4.78, 5) is 24.2. The highest BCUT2D eigenvalue weighted by Crippen LogP contribution is 2.29. The van der Waals surface area contributed by atoms with Crippen molar-refractivity contribution in [3.63, 3.8) is 0 Å². The molecule has 0 atom stereocenters. The van der Waals surface area contributed by atoms with Crippen molar-refractivity contribution in [1.82, 2.24) is 20.2 Å². The second kappa shape index (κ2) is 15.4. The summed E-state index contributed by atoms with van der Waals surface area (Å²) in [5.41, 5.74) is 4.03. The molecule has 4 heterocycles. The first kappa shape index (κ1) is 29.6. The number of morpholine rings is 1. The van der Waals surface area contributed by atoms with Gasteiger partial charge in [0.05, 0.1) is 13.2 Å². The third-order valence-electron chi connectivity index (χ3n) is 6.46. The number of aromatic nitrogens is 2. The molecule has 210 valence electrons. The lowest BCUT2D eigenvalue weighted by Gasteiger charge is -2.26. The Labute approximate surface area is 244 Å². The number of carbonyl (C=O) groups is 1. The Morgan fingerprint density at radius 3 is 2.58 bits per heavy atom. The van der Waals surface area contributed by atoms with Crippen molar-refractivity contribution in [2.24, 2.45) is 0 Å². The van der Waals surface area contributed by atoms with Gasteiger partial charge >= 0.3 is 0 Å². The number of pyridine rings is 1. The average Bonchev–Trinajstić information content (AvgIpc) is 3.71. The number of amides is 1. The summed E-state index contributed by atoms with van der Waals surface area (Å²) in [6.07, 6.45) is 8.05. The molecule has 0 spiro atoms. The number of nitrogens with zero attached hydrogens (tertiary/aromatic N) is 3. The minimum atomic E-state index is -0.244. The number of rotatable bonds is 9. The predicted octanol–water partition coefficient (Wildman–Crippen LogP) is 5.06. The average molecular weight is 576 g/mol. The quantitative estimate of drug-likeness (QED) is 0.272. The maximum atomic E-state index is 13.2. The van der Waals surface area contributed by atoms with Crippen LogP contribution < -0.4 is 21.1 Å². The summed E-state index contributed by atoms with van der Waals surface area (Å²) >= 11 is 3.06. The number of thiophene rings is 1. The van der Waals surface area contributed by atoms with Crippen molar-refractivity contribution < 1.29 is 9.53 Å². The molecule has 0 radical (unpaired) electrons. The minimum absolute atomic E-state index is 0.244. The van der Waals surface area contributed by atoms with Crippen molar-refractivity contribution in [3.05, 3.63) is 75.0 Å². The second-order valence-corrected chi connectivity index (χ2v) is 11.0. The summed E-state index contributed by atoms with van der Waals surface area (Å²) in [5.74, 6) is -0.244. The Balaban J connectivity index is 0.000000867. The van der Waals surface area contributed by atoms with Gasteiger partial charge in [-0.3, -0.25) is 14.7 Å². The van der Waals surface area contributed by atoms with Crippen LogP contribution in [0.2, 0.25) is 0 Å². The van der Waals surface area contributed by atoms with Gasteiger partial charge in [-0.15, -0.1) is 11.3 Å². The summed E-state index contributed by atoms with van der Waals surface area (Å²) in [5, 5.41) is 15.0. The third kappa shape index (κ3) is 8.32. The topological polar surface area (TPSA) is 79.4 Å². The van der Waals surface area contributed by atoms with Crippen LogP contribution in [0.4, 0.5) is 5.69 Å². The number of anilines is 1. The zero-order chi connectivity index (χ0) is 28.2. The number of hydrogen-bond acceptors (Lipinski definition) is 8. The first-order chi connectivity index (χ1) is 19.6. The van der Waals surface area contributed by atoms with E-state index in [0.29, 0.717) is 5.69 Å². The van der Waals surface area contributed by atoms with Gasteiger partial charge in [-0.1, -0.05) is 33.3 Å². The number of thiazole rings is 1. The zero-order valence-electron chi connectivity index (χ0n) is 23.2. The molecule has 4 aromatic rings. The van der Waals surface area contributed by atoms with Crippen molar-refractivity contribution in [2.45, 2.75) is 26.7 Å². The third-order valence-corrected chi connectivity index (χ3v) is 8.03. The van der Waals surface area contributed by atoms with Crippen LogP contribution in [0.1, 0.15) is 37.2 Å². The maximum Gasteiger partial charge on any atom is 0.275 e. The van der Waals surface area contributed by atoms with Crippen LogP contribution in [0.3, 0.4) is 0 Å². The van der Waals surface area contributed by atoms with Crippen LogP contribution in [0, 0.1) is 0 Å². The zero-order valence-corrected chi connectivity index (χ0v) is 24.8. The molecule has 1 aromatic carbocycles. The van der Waals surface area contributed by atoms with Gasteiger partial charge in [0, 0.05) is 67.0 Å². The van der Waals surface area contributed by atoms with E-state index in [4.69, 9.17) is 4.74 Å². The molecular formula is C31H37N5O2S2. The van der Waals surface area contributed by atoms with Gasteiger partial charge in [0.1, 0.15) is 10.7 Å². The monoisotopic (exact) mass is 575 g/mol. The summed E-state index contributed by atoms with van der Waals surface area (Å²) in [7, 11) is 0. The highest BCUT2D eigenvalue weighted by atomic mass is 32.1. The minimum Gasteiger partial charge on any atom is -0.389 e. The molecule has 9 heteroatoms. The van der Waals surface area contributed by atoms with E-state index in [-0.39, 0.29) is 5.91 Å². The summed E-state index contributed by atoms with van der Waals surface area (Å²) in [6, 6.07) is 9.82. The molecule has 5 rings (SSSR count). The molecule has 7 nitrogen and oxygen atoms in total. The van der Waals surface area contributed by atoms with Crippen molar-refractivity contribution in [2.75, 3.05) is 44.7 Å². The van der Waals surface area contributed by atoms with Gasteiger partial charge in [0.15, 0.2) is 0 Å². The molecule has 40 heavy (non-hydrogen) atoms. The molecule has 0 aliphatic carbocycles. The lowest BCUT2D eigenvalue weighted by atomic mass is 10.0. The number of ether oxygens (including phenoxy) is 1. The Hall–Kier alpha value is -3.37. The van der Waals surface area contributed by atoms with Crippen LogP contribution in [0.15, 0.2) is 58.9 Å². The van der Waals surface area contributed by atoms with Gasteiger partial charge in [-0.05, 0) is 57.1 Å². The molecule has 0 unspecified atom stereocenters. The molecular weight excluding hydrogens is 539 g/mol. The molecule has 1 amide bonds. The fraction of sp³-hybridized carbons (Fsp3) is 0.323. The Kier molecular flexibility index (Phi) is 11.4. The predicted molar refractivity (Wildman–Crippen MR) is 168 cm³/mol. The maximum absolute atomic E-state index is 13.2. The molecule has 1 aliphatic heterocycles. The largest absolute Gasteiger partial charge is 0.389 e. The van der Waals surface area contributed by atoms with E-state index in [2.05, 4.69) is 51.3 Å². The van der Waals surface area contributed by atoms with E-state index >= 15 is 0 Å². The van der Waals surface area contributed by atoms with E-state index < -0.39 is 0 Å².